The average Bonchev–Trinajstić information content (AvgIpc) is 2.29. The number of hydrogen-bond donors (Lipinski definition) is 0. The van der Waals surface area contributed by atoms with Gasteiger partial charge in [-0.25, -0.2) is 9.37 Å². The summed E-state index contributed by atoms with van der Waals surface area (Å²) in [5.74, 6) is -0.283. The summed E-state index contributed by atoms with van der Waals surface area (Å²) in [4.78, 5) is 3.87. The zero-order chi connectivity index (χ0) is 13.8. The van der Waals surface area contributed by atoms with Crippen LogP contribution in [0, 0.1) is 11.2 Å². The van der Waals surface area contributed by atoms with Gasteiger partial charge in [0.05, 0.1) is 6.61 Å². The Kier molecular flexibility index (Phi) is 5.39. The van der Waals surface area contributed by atoms with E-state index in [1.807, 2.05) is 6.92 Å². The van der Waals surface area contributed by atoms with Crippen LogP contribution in [-0.2, 0) is 6.42 Å². The van der Waals surface area contributed by atoms with Crippen molar-refractivity contribution in [3.63, 3.8) is 0 Å². The Bertz CT molecular complexity index is 390. The molecule has 0 aliphatic heterocycles. The molecular formula is C14H21ClFNO. The van der Waals surface area contributed by atoms with E-state index in [1.165, 1.54) is 0 Å². The van der Waals surface area contributed by atoms with E-state index in [2.05, 4.69) is 25.8 Å². The number of aryl methyl sites for hydroxylation is 1. The Balaban J connectivity index is 2.71. The lowest BCUT2D eigenvalue weighted by molar-refractivity contribution is 0.305. The fourth-order valence-electron chi connectivity index (χ4n) is 1.61. The van der Waals surface area contributed by atoms with E-state index in [9.17, 15) is 4.39 Å². The maximum atomic E-state index is 14.0. The Labute approximate surface area is 114 Å². The highest BCUT2D eigenvalue weighted by Crippen LogP contribution is 2.29. The predicted octanol–water partition coefficient (Wildman–Crippen LogP) is 4.21. The van der Waals surface area contributed by atoms with Crippen molar-refractivity contribution in [2.24, 2.45) is 5.41 Å². The first-order valence-electron chi connectivity index (χ1n) is 6.26. The molecule has 1 atom stereocenters. The van der Waals surface area contributed by atoms with Crippen molar-refractivity contribution in [3.8, 4) is 5.88 Å². The SMILES string of the molecule is CCOc1nccc(CCC(Cl)C(C)(C)C)c1F. The highest BCUT2D eigenvalue weighted by Gasteiger charge is 2.22. The van der Waals surface area contributed by atoms with E-state index >= 15 is 0 Å². The predicted molar refractivity (Wildman–Crippen MR) is 72.8 cm³/mol. The Hall–Kier alpha value is -0.830. The molecule has 1 aromatic heterocycles. The molecule has 0 amide bonds. The van der Waals surface area contributed by atoms with Crippen LogP contribution in [0.25, 0.3) is 0 Å². The molecule has 0 fully saturated rings. The smallest absolute Gasteiger partial charge is 0.250 e. The summed E-state index contributed by atoms with van der Waals surface area (Å²) < 4.78 is 19.1. The third-order valence-corrected chi connectivity index (χ3v) is 3.70. The summed E-state index contributed by atoms with van der Waals surface area (Å²) in [6, 6.07) is 1.68. The van der Waals surface area contributed by atoms with Gasteiger partial charge in [-0.05, 0) is 36.8 Å². The summed E-state index contributed by atoms with van der Waals surface area (Å²) in [5.41, 5.74) is 0.636. The van der Waals surface area contributed by atoms with E-state index in [1.54, 1.807) is 12.3 Å². The number of rotatable bonds is 5. The molecular weight excluding hydrogens is 253 g/mol. The number of ether oxygens (including phenoxy) is 1. The molecule has 0 radical (unpaired) electrons. The van der Waals surface area contributed by atoms with Crippen molar-refractivity contribution >= 4 is 11.6 Å². The van der Waals surface area contributed by atoms with Crippen LogP contribution in [0.4, 0.5) is 4.39 Å². The van der Waals surface area contributed by atoms with Gasteiger partial charge in [-0.2, -0.15) is 0 Å². The third-order valence-electron chi connectivity index (χ3n) is 2.83. The van der Waals surface area contributed by atoms with E-state index < -0.39 is 0 Å². The molecule has 1 aromatic rings. The van der Waals surface area contributed by atoms with Gasteiger partial charge in [0.1, 0.15) is 0 Å². The minimum absolute atomic E-state index is 0.0145. The van der Waals surface area contributed by atoms with Gasteiger partial charge in [0.25, 0.3) is 5.88 Å². The highest BCUT2D eigenvalue weighted by molar-refractivity contribution is 6.21. The van der Waals surface area contributed by atoms with Gasteiger partial charge in [0, 0.05) is 11.6 Å². The number of nitrogens with zero attached hydrogens (tertiary/aromatic N) is 1. The lowest BCUT2D eigenvalue weighted by Crippen LogP contribution is -2.21. The van der Waals surface area contributed by atoms with Crippen LogP contribution in [0.3, 0.4) is 0 Å². The number of alkyl halides is 1. The maximum absolute atomic E-state index is 14.0. The molecule has 1 heterocycles. The van der Waals surface area contributed by atoms with Gasteiger partial charge in [-0.15, -0.1) is 11.6 Å². The topological polar surface area (TPSA) is 22.1 Å². The fraction of sp³-hybridized carbons (Fsp3) is 0.643. The van der Waals surface area contributed by atoms with Crippen LogP contribution in [0.15, 0.2) is 12.3 Å². The van der Waals surface area contributed by atoms with Gasteiger partial charge in [-0.3, -0.25) is 0 Å². The summed E-state index contributed by atoms with van der Waals surface area (Å²) in [6.45, 7) is 8.47. The third kappa shape index (κ3) is 4.13. The molecule has 0 saturated heterocycles. The summed E-state index contributed by atoms with van der Waals surface area (Å²) in [7, 11) is 0. The summed E-state index contributed by atoms with van der Waals surface area (Å²) in [6.07, 6.45) is 2.90. The molecule has 0 aliphatic carbocycles. The van der Waals surface area contributed by atoms with Crippen LogP contribution in [-0.4, -0.2) is 17.0 Å². The zero-order valence-corrected chi connectivity index (χ0v) is 12.2. The zero-order valence-electron chi connectivity index (χ0n) is 11.5. The van der Waals surface area contributed by atoms with Crippen LogP contribution in [0.2, 0.25) is 0 Å². The number of aromatic nitrogens is 1. The minimum Gasteiger partial charge on any atom is -0.476 e. The highest BCUT2D eigenvalue weighted by atomic mass is 35.5. The average molecular weight is 274 g/mol. The molecule has 0 saturated carbocycles. The first-order valence-corrected chi connectivity index (χ1v) is 6.70. The van der Waals surface area contributed by atoms with E-state index in [-0.39, 0.29) is 22.5 Å². The second kappa shape index (κ2) is 6.37. The molecule has 4 heteroatoms. The molecule has 0 aliphatic rings. The van der Waals surface area contributed by atoms with Crippen molar-refractivity contribution in [2.75, 3.05) is 6.61 Å². The van der Waals surface area contributed by atoms with Gasteiger partial charge in [0.15, 0.2) is 5.82 Å². The second-order valence-electron chi connectivity index (χ2n) is 5.39. The molecule has 0 spiro atoms. The fourth-order valence-corrected chi connectivity index (χ4v) is 1.72. The first kappa shape index (κ1) is 15.2. The van der Waals surface area contributed by atoms with Gasteiger partial charge in [0.2, 0.25) is 0 Å². The normalized spacial score (nSPS) is 13.4. The Morgan fingerprint density at radius 1 is 1.44 bits per heavy atom. The molecule has 0 N–H and O–H groups in total. The van der Waals surface area contributed by atoms with Crippen LogP contribution < -0.4 is 4.74 Å². The summed E-state index contributed by atoms with van der Waals surface area (Å²) >= 11 is 6.29. The monoisotopic (exact) mass is 273 g/mol. The largest absolute Gasteiger partial charge is 0.476 e. The summed E-state index contributed by atoms with van der Waals surface area (Å²) in [5, 5.41) is 0.0145. The Morgan fingerprint density at radius 3 is 2.67 bits per heavy atom. The molecule has 102 valence electrons. The number of pyridine rings is 1. The first-order chi connectivity index (χ1) is 8.36. The lowest BCUT2D eigenvalue weighted by atomic mass is 9.88. The van der Waals surface area contributed by atoms with Crippen molar-refractivity contribution in [3.05, 3.63) is 23.6 Å². The van der Waals surface area contributed by atoms with Gasteiger partial charge in [-0.1, -0.05) is 20.8 Å². The van der Waals surface area contributed by atoms with Crippen molar-refractivity contribution < 1.29 is 9.13 Å². The van der Waals surface area contributed by atoms with Crippen LogP contribution >= 0.6 is 11.6 Å². The van der Waals surface area contributed by atoms with E-state index in [0.717, 1.165) is 6.42 Å². The molecule has 1 rings (SSSR count). The Morgan fingerprint density at radius 2 is 2.11 bits per heavy atom. The maximum Gasteiger partial charge on any atom is 0.250 e. The standard InChI is InChI=1S/C14H21ClFNO/c1-5-18-13-12(16)10(8-9-17-13)6-7-11(15)14(2,3)4/h8-9,11H,5-7H2,1-4H3. The molecule has 2 nitrogen and oxygen atoms in total. The van der Waals surface area contributed by atoms with Gasteiger partial charge < -0.3 is 4.74 Å². The minimum atomic E-state index is -0.364. The van der Waals surface area contributed by atoms with Gasteiger partial charge >= 0.3 is 0 Å². The molecule has 18 heavy (non-hydrogen) atoms. The number of hydrogen-bond acceptors (Lipinski definition) is 2. The van der Waals surface area contributed by atoms with E-state index in [0.29, 0.717) is 18.6 Å². The second-order valence-corrected chi connectivity index (χ2v) is 5.92. The van der Waals surface area contributed by atoms with Crippen molar-refractivity contribution in [1.29, 1.82) is 0 Å². The molecule has 0 aromatic carbocycles. The van der Waals surface area contributed by atoms with Crippen LogP contribution in [0.1, 0.15) is 39.7 Å². The quantitative estimate of drug-likeness (QED) is 0.750. The number of halogens is 2. The molecule has 0 bridgehead atoms. The van der Waals surface area contributed by atoms with Crippen molar-refractivity contribution in [1.82, 2.24) is 4.98 Å². The van der Waals surface area contributed by atoms with E-state index in [4.69, 9.17) is 16.3 Å². The van der Waals surface area contributed by atoms with Crippen molar-refractivity contribution in [2.45, 2.75) is 45.9 Å². The lowest BCUT2D eigenvalue weighted by Gasteiger charge is -2.25. The molecule has 1 unspecified atom stereocenters. The van der Waals surface area contributed by atoms with Crippen LogP contribution in [0.5, 0.6) is 5.88 Å².